The molecule has 3 aromatic carbocycles. The number of hydrogen-bond acceptors (Lipinski definition) is 4. The van der Waals surface area contributed by atoms with Crippen LogP contribution in [0.1, 0.15) is 28.8 Å². The fraction of sp³-hybridized carbons (Fsp3) is 0.0833. The van der Waals surface area contributed by atoms with Crippen LogP contribution in [0, 0.1) is 11.3 Å². The van der Waals surface area contributed by atoms with Gasteiger partial charge in [0, 0.05) is 22.4 Å². The Labute approximate surface area is 189 Å². The number of aliphatic hydroxyl groups excluding tert-OH is 1. The molecule has 0 saturated carbocycles. The predicted molar refractivity (Wildman–Crippen MR) is 119 cm³/mol. The lowest BCUT2D eigenvalue weighted by atomic mass is 9.94. The Balaban J connectivity index is 1.76. The van der Waals surface area contributed by atoms with Crippen molar-refractivity contribution in [1.29, 1.82) is 5.26 Å². The Bertz CT molecular complexity index is 1220. The molecule has 0 aliphatic rings. The standard InChI is InChI=1S/C24H17Cl2N3O2/c25-19-8-6-16(7-9-19)24(30)23(29-11-10-28-15-29)17-4-5-18(14-27)22(12-17)31-21-3-1-2-20(26)13-21/h1-13,15,23-24,30H. The maximum Gasteiger partial charge on any atom is 0.145 e. The van der Waals surface area contributed by atoms with E-state index in [1.54, 1.807) is 85.5 Å². The highest BCUT2D eigenvalue weighted by atomic mass is 35.5. The van der Waals surface area contributed by atoms with Gasteiger partial charge in [0.2, 0.25) is 0 Å². The summed E-state index contributed by atoms with van der Waals surface area (Å²) in [6.45, 7) is 0. The van der Waals surface area contributed by atoms with E-state index in [2.05, 4.69) is 11.1 Å². The minimum atomic E-state index is -0.890. The number of aliphatic hydroxyl groups is 1. The molecule has 1 aromatic heterocycles. The monoisotopic (exact) mass is 449 g/mol. The zero-order chi connectivity index (χ0) is 21.8. The number of aromatic nitrogens is 2. The maximum atomic E-state index is 11.2. The van der Waals surface area contributed by atoms with Crippen molar-refractivity contribution < 1.29 is 9.84 Å². The fourth-order valence-electron chi connectivity index (χ4n) is 3.35. The first kappa shape index (κ1) is 21.0. The highest BCUT2D eigenvalue weighted by Gasteiger charge is 2.25. The second kappa shape index (κ2) is 9.23. The molecule has 0 aliphatic heterocycles. The van der Waals surface area contributed by atoms with Gasteiger partial charge in [-0.2, -0.15) is 5.26 Å². The summed E-state index contributed by atoms with van der Waals surface area (Å²) in [5.41, 5.74) is 1.82. The molecule has 0 spiro atoms. The van der Waals surface area contributed by atoms with Gasteiger partial charge in [-0.25, -0.2) is 4.98 Å². The van der Waals surface area contributed by atoms with Gasteiger partial charge in [-0.1, -0.05) is 47.5 Å². The highest BCUT2D eigenvalue weighted by molar-refractivity contribution is 6.30. The summed E-state index contributed by atoms with van der Waals surface area (Å²) in [6, 6.07) is 20.8. The Morgan fingerprint density at radius 2 is 1.74 bits per heavy atom. The molecule has 0 saturated heterocycles. The van der Waals surface area contributed by atoms with Crippen molar-refractivity contribution in [3.05, 3.63) is 112 Å². The molecule has 2 unspecified atom stereocenters. The van der Waals surface area contributed by atoms with Crippen molar-refractivity contribution >= 4 is 23.2 Å². The number of nitriles is 1. The largest absolute Gasteiger partial charge is 0.456 e. The summed E-state index contributed by atoms with van der Waals surface area (Å²) in [5, 5.41) is 21.9. The lowest BCUT2D eigenvalue weighted by Gasteiger charge is -2.26. The van der Waals surface area contributed by atoms with Crippen molar-refractivity contribution in [1.82, 2.24) is 9.55 Å². The van der Waals surface area contributed by atoms with Crippen LogP contribution < -0.4 is 4.74 Å². The fourth-order valence-corrected chi connectivity index (χ4v) is 3.66. The molecule has 1 heterocycles. The summed E-state index contributed by atoms with van der Waals surface area (Å²) in [5.74, 6) is 0.884. The van der Waals surface area contributed by atoms with Crippen LogP contribution >= 0.6 is 23.2 Å². The van der Waals surface area contributed by atoms with E-state index >= 15 is 0 Å². The number of ether oxygens (including phenoxy) is 1. The van der Waals surface area contributed by atoms with Gasteiger partial charge in [-0.05, 0) is 53.6 Å². The van der Waals surface area contributed by atoms with E-state index in [1.807, 2.05) is 4.57 Å². The summed E-state index contributed by atoms with van der Waals surface area (Å²) >= 11 is 12.1. The second-order valence-electron chi connectivity index (χ2n) is 6.88. The van der Waals surface area contributed by atoms with Gasteiger partial charge in [0.1, 0.15) is 23.7 Å². The normalized spacial score (nSPS) is 12.7. The lowest BCUT2D eigenvalue weighted by Crippen LogP contribution is -2.18. The molecule has 1 N–H and O–H groups in total. The van der Waals surface area contributed by atoms with Crippen LogP contribution in [-0.4, -0.2) is 14.7 Å². The van der Waals surface area contributed by atoms with Gasteiger partial charge in [-0.15, -0.1) is 0 Å². The minimum absolute atomic E-state index is 0.370. The van der Waals surface area contributed by atoms with E-state index in [9.17, 15) is 10.4 Å². The lowest BCUT2D eigenvalue weighted by molar-refractivity contribution is 0.131. The smallest absolute Gasteiger partial charge is 0.145 e. The van der Waals surface area contributed by atoms with Gasteiger partial charge in [-0.3, -0.25) is 0 Å². The number of hydrogen-bond donors (Lipinski definition) is 1. The van der Waals surface area contributed by atoms with Crippen molar-refractivity contribution in [2.45, 2.75) is 12.1 Å². The third-order valence-electron chi connectivity index (χ3n) is 4.85. The average molecular weight is 450 g/mol. The first-order valence-corrected chi connectivity index (χ1v) is 10.2. The van der Waals surface area contributed by atoms with E-state index in [0.29, 0.717) is 32.7 Å². The molecule has 4 rings (SSSR count). The van der Waals surface area contributed by atoms with Crippen LogP contribution in [0.4, 0.5) is 0 Å². The molecule has 0 radical (unpaired) electrons. The van der Waals surface area contributed by atoms with Gasteiger partial charge >= 0.3 is 0 Å². The zero-order valence-corrected chi connectivity index (χ0v) is 17.7. The zero-order valence-electron chi connectivity index (χ0n) is 16.2. The van der Waals surface area contributed by atoms with E-state index in [0.717, 1.165) is 5.56 Å². The summed E-state index contributed by atoms with van der Waals surface area (Å²) in [7, 11) is 0. The topological polar surface area (TPSA) is 71.1 Å². The first-order chi connectivity index (χ1) is 15.0. The molecular weight excluding hydrogens is 433 g/mol. The molecule has 0 bridgehead atoms. The van der Waals surface area contributed by atoms with Crippen LogP contribution in [-0.2, 0) is 0 Å². The number of benzene rings is 3. The van der Waals surface area contributed by atoms with E-state index in [-0.39, 0.29) is 0 Å². The van der Waals surface area contributed by atoms with Gasteiger partial charge in [0.15, 0.2) is 0 Å². The van der Waals surface area contributed by atoms with E-state index < -0.39 is 12.1 Å². The van der Waals surface area contributed by atoms with E-state index in [4.69, 9.17) is 27.9 Å². The van der Waals surface area contributed by atoms with Crippen molar-refractivity contribution in [3.63, 3.8) is 0 Å². The van der Waals surface area contributed by atoms with Crippen LogP contribution in [0.25, 0.3) is 0 Å². The van der Waals surface area contributed by atoms with Gasteiger partial charge in [0.25, 0.3) is 0 Å². The quantitative estimate of drug-likeness (QED) is 0.381. The van der Waals surface area contributed by atoms with E-state index in [1.165, 1.54) is 0 Å². The van der Waals surface area contributed by atoms with Crippen LogP contribution in [0.5, 0.6) is 11.5 Å². The van der Waals surface area contributed by atoms with Crippen LogP contribution in [0.15, 0.2) is 85.5 Å². The molecular formula is C24H17Cl2N3O2. The highest BCUT2D eigenvalue weighted by Crippen LogP contribution is 2.36. The Morgan fingerprint density at radius 1 is 0.968 bits per heavy atom. The van der Waals surface area contributed by atoms with Crippen LogP contribution in [0.2, 0.25) is 10.0 Å². The predicted octanol–water partition coefficient (Wildman–Crippen LogP) is 6.18. The molecule has 4 aromatic rings. The number of rotatable bonds is 6. The molecule has 154 valence electrons. The van der Waals surface area contributed by atoms with Gasteiger partial charge in [0.05, 0.1) is 17.9 Å². The molecule has 31 heavy (non-hydrogen) atoms. The molecule has 2 atom stereocenters. The molecule has 0 fully saturated rings. The first-order valence-electron chi connectivity index (χ1n) is 9.43. The van der Waals surface area contributed by atoms with Crippen molar-refractivity contribution in [2.75, 3.05) is 0 Å². The molecule has 0 aliphatic carbocycles. The number of imidazole rings is 1. The van der Waals surface area contributed by atoms with Crippen LogP contribution in [0.3, 0.4) is 0 Å². The average Bonchev–Trinajstić information content (AvgIpc) is 3.29. The number of halogens is 2. The molecule has 5 nitrogen and oxygen atoms in total. The van der Waals surface area contributed by atoms with Gasteiger partial charge < -0.3 is 14.4 Å². The third-order valence-corrected chi connectivity index (χ3v) is 5.34. The Morgan fingerprint density at radius 3 is 2.42 bits per heavy atom. The molecule has 7 heteroatoms. The summed E-state index contributed by atoms with van der Waals surface area (Å²) in [6.07, 6.45) is 4.17. The minimum Gasteiger partial charge on any atom is -0.456 e. The SMILES string of the molecule is N#Cc1ccc(C(C(O)c2ccc(Cl)cc2)n2ccnc2)cc1Oc1cccc(Cl)c1. The third kappa shape index (κ3) is 4.73. The Hall–Kier alpha value is -3.30. The maximum absolute atomic E-state index is 11.2. The summed E-state index contributed by atoms with van der Waals surface area (Å²) < 4.78 is 7.77. The second-order valence-corrected chi connectivity index (χ2v) is 7.75. The number of nitrogens with zero attached hydrogens (tertiary/aromatic N) is 3. The van der Waals surface area contributed by atoms with Crippen molar-refractivity contribution in [2.24, 2.45) is 0 Å². The Kier molecular flexibility index (Phi) is 6.24. The summed E-state index contributed by atoms with van der Waals surface area (Å²) in [4.78, 5) is 4.12. The van der Waals surface area contributed by atoms with Crippen molar-refractivity contribution in [3.8, 4) is 17.6 Å². The molecule has 0 amide bonds.